The van der Waals surface area contributed by atoms with Gasteiger partial charge < -0.3 is 4.57 Å². The van der Waals surface area contributed by atoms with Gasteiger partial charge in [-0.1, -0.05) is 41.9 Å². The summed E-state index contributed by atoms with van der Waals surface area (Å²) in [4.78, 5) is 0.275. The zero-order valence-corrected chi connectivity index (χ0v) is 19.6. The summed E-state index contributed by atoms with van der Waals surface area (Å²) >= 11 is 5.91. The molecule has 4 aromatic rings. The molecule has 2 heterocycles. The van der Waals surface area contributed by atoms with Gasteiger partial charge in [0.05, 0.1) is 4.90 Å². The van der Waals surface area contributed by atoms with Gasteiger partial charge in [0.25, 0.3) is 0 Å². The SMILES string of the molecule is O=S(=O)(c1ccc(Cl)cc1)N1CCC(c2cn(Cc3cccc(F)c3)c3ccccc23)CC1. The van der Waals surface area contributed by atoms with Crippen LogP contribution in [0.1, 0.15) is 29.9 Å². The van der Waals surface area contributed by atoms with E-state index in [0.29, 0.717) is 24.7 Å². The molecule has 0 radical (unpaired) electrons. The maximum Gasteiger partial charge on any atom is 0.243 e. The Morgan fingerprint density at radius 2 is 1.67 bits per heavy atom. The Labute approximate surface area is 198 Å². The second-order valence-corrected chi connectivity index (χ2v) is 10.9. The molecule has 3 aromatic carbocycles. The van der Waals surface area contributed by atoms with E-state index in [1.165, 1.54) is 17.0 Å². The predicted octanol–water partition coefficient (Wildman–Crippen LogP) is 6.05. The molecule has 7 heteroatoms. The maximum absolute atomic E-state index is 13.7. The van der Waals surface area contributed by atoms with Crippen LogP contribution in [-0.2, 0) is 16.6 Å². The molecule has 0 N–H and O–H groups in total. The molecular formula is C26H24ClFN2O2S. The van der Waals surface area contributed by atoms with Crippen LogP contribution in [-0.4, -0.2) is 30.4 Å². The largest absolute Gasteiger partial charge is 0.343 e. The summed E-state index contributed by atoms with van der Waals surface area (Å²) in [5, 5.41) is 1.69. The molecule has 0 saturated carbocycles. The van der Waals surface area contributed by atoms with Gasteiger partial charge in [-0.05, 0) is 72.4 Å². The predicted molar refractivity (Wildman–Crippen MR) is 130 cm³/mol. The molecule has 1 fully saturated rings. The van der Waals surface area contributed by atoms with E-state index in [1.54, 1.807) is 40.7 Å². The van der Waals surface area contributed by atoms with Crippen LogP contribution in [0, 0.1) is 5.82 Å². The van der Waals surface area contributed by atoms with Crippen molar-refractivity contribution < 1.29 is 12.8 Å². The number of fused-ring (bicyclic) bond motifs is 1. The molecule has 0 amide bonds. The summed E-state index contributed by atoms with van der Waals surface area (Å²) in [5.74, 6) is 0.0266. The molecule has 4 nitrogen and oxygen atoms in total. The number of aromatic nitrogens is 1. The van der Waals surface area contributed by atoms with E-state index in [-0.39, 0.29) is 16.6 Å². The zero-order valence-electron chi connectivity index (χ0n) is 18.0. The van der Waals surface area contributed by atoms with Crippen LogP contribution in [0.2, 0.25) is 5.02 Å². The van der Waals surface area contributed by atoms with Crippen LogP contribution < -0.4 is 0 Å². The van der Waals surface area contributed by atoms with Crippen molar-refractivity contribution in [2.24, 2.45) is 0 Å². The van der Waals surface area contributed by atoms with Crippen molar-refractivity contribution in [1.29, 1.82) is 0 Å². The molecular weight excluding hydrogens is 459 g/mol. The van der Waals surface area contributed by atoms with Crippen LogP contribution in [0.25, 0.3) is 10.9 Å². The first-order valence-electron chi connectivity index (χ1n) is 11.0. The standard InChI is InChI=1S/C26H24ClFN2O2S/c27-21-8-10-23(11-9-21)33(31,32)30-14-12-20(13-15-30)25-18-29(26-7-2-1-6-24(25)26)17-19-4-3-5-22(28)16-19/h1-11,16,18,20H,12-15,17H2. The van der Waals surface area contributed by atoms with Gasteiger partial charge >= 0.3 is 0 Å². The Morgan fingerprint density at radius 1 is 0.939 bits per heavy atom. The number of sulfonamides is 1. The molecule has 1 aromatic heterocycles. The minimum Gasteiger partial charge on any atom is -0.343 e. The fourth-order valence-electron chi connectivity index (χ4n) is 4.73. The van der Waals surface area contributed by atoms with Gasteiger partial charge in [0.2, 0.25) is 10.0 Å². The van der Waals surface area contributed by atoms with Crippen LogP contribution in [0.5, 0.6) is 0 Å². The first-order chi connectivity index (χ1) is 15.9. The number of benzene rings is 3. The van der Waals surface area contributed by atoms with Gasteiger partial charge in [-0.15, -0.1) is 0 Å². The van der Waals surface area contributed by atoms with Gasteiger partial charge in [-0.3, -0.25) is 0 Å². The van der Waals surface area contributed by atoms with Gasteiger partial charge in [-0.25, -0.2) is 12.8 Å². The number of para-hydroxylation sites is 1. The number of nitrogens with zero attached hydrogens (tertiary/aromatic N) is 2. The average molecular weight is 483 g/mol. The third-order valence-corrected chi connectivity index (χ3v) is 8.57. The number of piperidine rings is 1. The minimum absolute atomic E-state index is 0.238. The first kappa shape index (κ1) is 22.1. The second kappa shape index (κ2) is 8.93. The third-order valence-electron chi connectivity index (χ3n) is 6.41. The monoisotopic (exact) mass is 482 g/mol. The van der Waals surface area contributed by atoms with E-state index < -0.39 is 10.0 Å². The smallest absolute Gasteiger partial charge is 0.243 e. The summed E-state index contributed by atoms with van der Waals surface area (Å²) in [7, 11) is -3.53. The quantitative estimate of drug-likeness (QED) is 0.347. The molecule has 0 bridgehead atoms. The van der Waals surface area contributed by atoms with Crippen LogP contribution in [0.3, 0.4) is 0 Å². The van der Waals surface area contributed by atoms with Gasteiger partial charge in [0.1, 0.15) is 5.82 Å². The number of rotatable bonds is 5. The van der Waals surface area contributed by atoms with E-state index in [9.17, 15) is 12.8 Å². The van der Waals surface area contributed by atoms with Crippen molar-refractivity contribution >= 4 is 32.5 Å². The molecule has 1 saturated heterocycles. The summed E-state index contributed by atoms with van der Waals surface area (Å²) < 4.78 is 43.5. The minimum atomic E-state index is -3.53. The summed E-state index contributed by atoms with van der Waals surface area (Å²) in [5.41, 5.74) is 3.24. The van der Waals surface area contributed by atoms with Crippen LogP contribution in [0.4, 0.5) is 4.39 Å². The van der Waals surface area contributed by atoms with Crippen molar-refractivity contribution in [3.63, 3.8) is 0 Å². The second-order valence-electron chi connectivity index (χ2n) is 8.49. The van der Waals surface area contributed by atoms with E-state index in [4.69, 9.17) is 11.6 Å². The van der Waals surface area contributed by atoms with Crippen molar-refractivity contribution in [2.75, 3.05) is 13.1 Å². The highest BCUT2D eigenvalue weighted by Gasteiger charge is 2.31. The normalized spacial score (nSPS) is 15.8. The maximum atomic E-state index is 13.7. The molecule has 33 heavy (non-hydrogen) atoms. The Balaban J connectivity index is 1.38. The van der Waals surface area contributed by atoms with Gasteiger partial charge in [0.15, 0.2) is 0 Å². The van der Waals surface area contributed by atoms with Crippen LogP contribution in [0.15, 0.2) is 83.9 Å². The van der Waals surface area contributed by atoms with Crippen molar-refractivity contribution in [2.45, 2.75) is 30.2 Å². The lowest BCUT2D eigenvalue weighted by atomic mass is 9.90. The van der Waals surface area contributed by atoms with Crippen molar-refractivity contribution in [3.05, 3.63) is 101 Å². The van der Waals surface area contributed by atoms with Gasteiger partial charge in [-0.2, -0.15) is 4.31 Å². The lowest BCUT2D eigenvalue weighted by Crippen LogP contribution is -2.37. The molecule has 170 valence electrons. The Bertz CT molecular complexity index is 1390. The number of hydrogen-bond acceptors (Lipinski definition) is 2. The first-order valence-corrected chi connectivity index (χ1v) is 12.8. The summed E-state index contributed by atoms with van der Waals surface area (Å²) in [6, 6.07) is 21.2. The molecule has 5 rings (SSSR count). The fourth-order valence-corrected chi connectivity index (χ4v) is 6.32. The lowest BCUT2D eigenvalue weighted by Gasteiger charge is -2.31. The molecule has 0 atom stereocenters. The highest BCUT2D eigenvalue weighted by molar-refractivity contribution is 7.89. The fraction of sp³-hybridized carbons (Fsp3) is 0.231. The van der Waals surface area contributed by atoms with E-state index >= 15 is 0 Å². The zero-order chi connectivity index (χ0) is 23.0. The van der Waals surface area contributed by atoms with Crippen molar-refractivity contribution in [3.8, 4) is 0 Å². The highest BCUT2D eigenvalue weighted by Crippen LogP contribution is 2.36. The van der Waals surface area contributed by atoms with Gasteiger partial charge in [0, 0.05) is 41.8 Å². The topological polar surface area (TPSA) is 42.3 Å². The van der Waals surface area contributed by atoms with Crippen LogP contribution >= 0.6 is 11.6 Å². The highest BCUT2D eigenvalue weighted by atomic mass is 35.5. The molecule has 1 aliphatic heterocycles. The Kier molecular flexibility index (Phi) is 5.99. The lowest BCUT2D eigenvalue weighted by molar-refractivity contribution is 0.320. The van der Waals surface area contributed by atoms with E-state index in [0.717, 1.165) is 23.9 Å². The number of hydrogen-bond donors (Lipinski definition) is 0. The molecule has 0 unspecified atom stereocenters. The molecule has 1 aliphatic rings. The Morgan fingerprint density at radius 3 is 2.39 bits per heavy atom. The average Bonchev–Trinajstić information content (AvgIpc) is 3.18. The summed E-state index contributed by atoms with van der Waals surface area (Å²) in [6.45, 7) is 1.53. The molecule has 0 aliphatic carbocycles. The number of halogens is 2. The molecule has 0 spiro atoms. The van der Waals surface area contributed by atoms with E-state index in [2.05, 4.69) is 22.9 Å². The summed E-state index contributed by atoms with van der Waals surface area (Å²) in [6.07, 6.45) is 3.66. The van der Waals surface area contributed by atoms with E-state index in [1.807, 2.05) is 18.2 Å². The Hall–Kier alpha value is -2.67. The van der Waals surface area contributed by atoms with Crippen molar-refractivity contribution in [1.82, 2.24) is 8.87 Å². The third kappa shape index (κ3) is 4.43.